The molecule has 0 spiro atoms. The number of hydrogen-bond donors (Lipinski definition) is 1. The quantitative estimate of drug-likeness (QED) is 0.492. The molecule has 1 aromatic carbocycles. The third-order valence-electron chi connectivity index (χ3n) is 2.60. The molecule has 1 N–H and O–H groups in total. The summed E-state index contributed by atoms with van der Waals surface area (Å²) in [5.74, 6) is 6.71. The normalized spacial score (nSPS) is 9.56. The molecular weight excluding hydrogens is 222 g/mol. The molecule has 0 aliphatic rings. The van der Waals surface area contributed by atoms with E-state index < -0.39 is 0 Å². The highest BCUT2D eigenvalue weighted by molar-refractivity contribution is 5.73. The third-order valence-corrected chi connectivity index (χ3v) is 2.60. The van der Waals surface area contributed by atoms with Gasteiger partial charge in [-0.1, -0.05) is 42.2 Å². The minimum Gasteiger partial charge on any atom is -0.462 e. The van der Waals surface area contributed by atoms with Crippen LogP contribution in [0.5, 0.6) is 0 Å². The van der Waals surface area contributed by atoms with Crippen LogP contribution in [0.4, 0.5) is 0 Å². The smallest absolute Gasteiger partial charge is 0.145 e. The van der Waals surface area contributed by atoms with E-state index in [-0.39, 0.29) is 0 Å². The zero-order chi connectivity index (χ0) is 12.6. The Hall–Kier alpha value is -2.27. The van der Waals surface area contributed by atoms with E-state index in [1.165, 1.54) is 11.8 Å². The van der Waals surface area contributed by atoms with Gasteiger partial charge < -0.3 is 9.83 Å². The molecule has 1 aromatic heterocycles. The van der Waals surface area contributed by atoms with Crippen molar-refractivity contribution in [2.24, 2.45) is 0 Å². The van der Waals surface area contributed by atoms with Crippen LogP contribution in [-0.2, 0) is 6.42 Å². The van der Waals surface area contributed by atoms with Gasteiger partial charge in [-0.15, -0.1) is 0 Å². The van der Waals surface area contributed by atoms with Gasteiger partial charge in [0.2, 0.25) is 0 Å². The Bertz CT molecular complexity index is 558. The van der Waals surface area contributed by atoms with Crippen LogP contribution in [-0.4, -0.2) is 6.21 Å². The second-order valence-electron chi connectivity index (χ2n) is 4.02. The molecule has 18 heavy (non-hydrogen) atoms. The van der Waals surface area contributed by atoms with Crippen LogP contribution < -0.4 is 0 Å². The number of aryl methyl sites for hydroxylation is 1. The van der Waals surface area contributed by atoms with Gasteiger partial charge in [0.1, 0.15) is 12.0 Å². The van der Waals surface area contributed by atoms with Crippen LogP contribution in [0.1, 0.15) is 29.7 Å². The topological polar surface area (TPSA) is 37.0 Å². The molecule has 0 atom stereocenters. The van der Waals surface area contributed by atoms with Crippen LogP contribution in [0.3, 0.4) is 0 Å². The second kappa shape index (κ2) is 6.46. The summed E-state index contributed by atoms with van der Waals surface area (Å²) in [6.07, 6.45) is 5.77. The van der Waals surface area contributed by atoms with Gasteiger partial charge in [-0.3, -0.25) is 0 Å². The lowest BCUT2D eigenvalue weighted by Gasteiger charge is -1.96. The molecule has 0 aliphatic heterocycles. The molecule has 1 heterocycles. The van der Waals surface area contributed by atoms with Gasteiger partial charge in [0.05, 0.1) is 11.8 Å². The molecule has 0 fully saturated rings. The molecule has 0 unspecified atom stereocenters. The van der Waals surface area contributed by atoms with Crippen molar-refractivity contribution in [3.8, 4) is 11.8 Å². The van der Waals surface area contributed by atoms with Crippen molar-refractivity contribution in [1.29, 1.82) is 5.41 Å². The largest absolute Gasteiger partial charge is 0.462 e. The fourth-order valence-electron chi connectivity index (χ4n) is 1.68. The molecule has 0 aliphatic carbocycles. The molecule has 0 saturated carbocycles. The molecule has 0 bridgehead atoms. The summed E-state index contributed by atoms with van der Waals surface area (Å²) in [5.41, 5.74) is 2.20. The van der Waals surface area contributed by atoms with E-state index in [4.69, 9.17) is 9.83 Å². The van der Waals surface area contributed by atoms with Crippen molar-refractivity contribution in [1.82, 2.24) is 0 Å². The highest BCUT2D eigenvalue weighted by Crippen LogP contribution is 2.05. The Morgan fingerprint density at radius 1 is 1.22 bits per heavy atom. The van der Waals surface area contributed by atoms with Gasteiger partial charge in [-0.2, -0.15) is 0 Å². The zero-order valence-electron chi connectivity index (χ0n) is 10.1. The summed E-state index contributed by atoms with van der Waals surface area (Å²) in [6, 6.07) is 12.2. The first-order chi connectivity index (χ1) is 8.88. The Kier molecular flexibility index (Phi) is 4.38. The summed E-state index contributed by atoms with van der Waals surface area (Å²) < 4.78 is 5.09. The number of furan rings is 1. The first-order valence-electron chi connectivity index (χ1n) is 6.00. The average molecular weight is 237 g/mol. The minimum atomic E-state index is 0.545. The van der Waals surface area contributed by atoms with Gasteiger partial charge in [0.25, 0.3) is 0 Å². The molecule has 90 valence electrons. The minimum absolute atomic E-state index is 0.545. The van der Waals surface area contributed by atoms with E-state index in [1.807, 2.05) is 6.07 Å². The van der Waals surface area contributed by atoms with Crippen molar-refractivity contribution in [2.45, 2.75) is 19.3 Å². The monoisotopic (exact) mass is 237 g/mol. The number of unbranched alkanes of at least 4 members (excludes halogenated alkanes) is 1. The zero-order valence-corrected chi connectivity index (χ0v) is 10.1. The highest BCUT2D eigenvalue weighted by atomic mass is 16.3. The lowest BCUT2D eigenvalue weighted by atomic mass is 10.1. The maximum Gasteiger partial charge on any atom is 0.145 e. The van der Waals surface area contributed by atoms with Gasteiger partial charge in [-0.25, -0.2) is 0 Å². The SMILES string of the molecule is N=Cc1cc(C#CCCCc2ccccc2)co1. The molecule has 2 nitrogen and oxygen atoms in total. The summed E-state index contributed by atoms with van der Waals surface area (Å²) in [5, 5.41) is 7.03. The number of nitrogens with one attached hydrogen (secondary N) is 1. The summed E-state index contributed by atoms with van der Waals surface area (Å²) in [6.45, 7) is 0. The molecule has 0 amide bonds. The maximum absolute atomic E-state index is 7.03. The van der Waals surface area contributed by atoms with E-state index >= 15 is 0 Å². The number of hydrogen-bond acceptors (Lipinski definition) is 2. The van der Waals surface area contributed by atoms with Crippen molar-refractivity contribution in [3.05, 3.63) is 59.5 Å². The molecule has 0 radical (unpaired) electrons. The second-order valence-corrected chi connectivity index (χ2v) is 4.02. The maximum atomic E-state index is 7.03. The van der Waals surface area contributed by atoms with Gasteiger partial charge in [0, 0.05) is 12.5 Å². The van der Waals surface area contributed by atoms with E-state index in [9.17, 15) is 0 Å². The van der Waals surface area contributed by atoms with Gasteiger partial charge >= 0.3 is 0 Å². The Morgan fingerprint density at radius 2 is 2.06 bits per heavy atom. The Morgan fingerprint density at radius 3 is 2.78 bits per heavy atom. The molecule has 2 rings (SSSR count). The fourth-order valence-corrected chi connectivity index (χ4v) is 1.68. The lowest BCUT2D eigenvalue weighted by Crippen LogP contribution is -1.83. The number of benzene rings is 1. The van der Waals surface area contributed by atoms with Crippen molar-refractivity contribution in [3.63, 3.8) is 0 Å². The molecular formula is C16H15NO. The van der Waals surface area contributed by atoms with E-state index in [0.29, 0.717) is 5.76 Å². The fraction of sp³-hybridized carbons (Fsp3) is 0.188. The predicted molar refractivity (Wildman–Crippen MR) is 72.9 cm³/mol. The Labute approximate surface area is 107 Å². The van der Waals surface area contributed by atoms with Crippen molar-refractivity contribution >= 4 is 6.21 Å². The van der Waals surface area contributed by atoms with Gasteiger partial charge in [-0.05, 0) is 18.4 Å². The van der Waals surface area contributed by atoms with Crippen molar-refractivity contribution < 1.29 is 4.42 Å². The van der Waals surface area contributed by atoms with Crippen LogP contribution in [0.2, 0.25) is 0 Å². The van der Waals surface area contributed by atoms with E-state index in [0.717, 1.165) is 24.8 Å². The number of rotatable bonds is 4. The predicted octanol–water partition coefficient (Wildman–Crippen LogP) is 3.65. The standard InChI is InChI=1S/C16H15NO/c17-12-16-11-15(13-18-16)10-6-2-5-9-14-7-3-1-4-8-14/h1,3-4,7-8,11-13,17H,2,5,9H2. The summed E-state index contributed by atoms with van der Waals surface area (Å²) in [4.78, 5) is 0. The van der Waals surface area contributed by atoms with E-state index in [2.05, 4.69) is 36.1 Å². The van der Waals surface area contributed by atoms with Crippen LogP contribution >= 0.6 is 0 Å². The van der Waals surface area contributed by atoms with Crippen molar-refractivity contribution in [2.75, 3.05) is 0 Å². The molecule has 2 aromatic rings. The average Bonchev–Trinajstić information content (AvgIpc) is 2.87. The Balaban J connectivity index is 1.77. The van der Waals surface area contributed by atoms with Gasteiger partial charge in [0.15, 0.2) is 0 Å². The third kappa shape index (κ3) is 3.64. The van der Waals surface area contributed by atoms with Crippen LogP contribution in [0.15, 0.2) is 47.1 Å². The first-order valence-corrected chi connectivity index (χ1v) is 6.00. The molecule has 0 saturated heterocycles. The first kappa shape index (κ1) is 12.2. The summed E-state index contributed by atoms with van der Waals surface area (Å²) in [7, 11) is 0. The molecule has 2 heteroatoms. The van der Waals surface area contributed by atoms with Crippen LogP contribution in [0.25, 0.3) is 0 Å². The highest BCUT2D eigenvalue weighted by Gasteiger charge is 1.94. The summed E-state index contributed by atoms with van der Waals surface area (Å²) >= 11 is 0. The van der Waals surface area contributed by atoms with Crippen LogP contribution in [0, 0.1) is 17.3 Å². The van der Waals surface area contributed by atoms with E-state index in [1.54, 1.807) is 12.3 Å². The lowest BCUT2D eigenvalue weighted by molar-refractivity contribution is 0.559.